The van der Waals surface area contributed by atoms with Crippen molar-refractivity contribution in [3.63, 3.8) is 0 Å². The third-order valence-corrected chi connectivity index (χ3v) is 4.54. The first-order valence-corrected chi connectivity index (χ1v) is 7.88. The summed E-state index contributed by atoms with van der Waals surface area (Å²) >= 11 is 1.59. The summed E-state index contributed by atoms with van der Waals surface area (Å²) in [4.78, 5) is 16.5. The molecule has 1 heterocycles. The number of aromatic nitrogens is 1. The van der Waals surface area contributed by atoms with Gasteiger partial charge in [0.15, 0.2) is 0 Å². The Hall–Kier alpha value is -1.68. The van der Waals surface area contributed by atoms with Gasteiger partial charge in [-0.2, -0.15) is 0 Å². The van der Waals surface area contributed by atoms with Crippen molar-refractivity contribution in [2.24, 2.45) is 0 Å². The molecule has 0 saturated carbocycles. The summed E-state index contributed by atoms with van der Waals surface area (Å²) in [5.74, 6) is 0.0667. The van der Waals surface area contributed by atoms with Crippen LogP contribution >= 0.6 is 11.3 Å². The molecular weight excluding hydrogens is 268 g/mol. The smallest absolute Gasteiger partial charge is 0.226 e. The maximum atomic E-state index is 12.2. The van der Waals surface area contributed by atoms with Crippen LogP contribution in [-0.4, -0.2) is 10.9 Å². The zero-order valence-corrected chi connectivity index (χ0v) is 12.4. The molecule has 0 radical (unpaired) electrons. The number of thiazole rings is 1. The van der Waals surface area contributed by atoms with E-state index >= 15 is 0 Å². The molecule has 1 amide bonds. The van der Waals surface area contributed by atoms with Gasteiger partial charge in [-0.05, 0) is 37.3 Å². The fourth-order valence-corrected chi connectivity index (χ4v) is 3.42. The zero-order valence-electron chi connectivity index (χ0n) is 11.6. The Morgan fingerprint density at radius 3 is 3.10 bits per heavy atom. The van der Waals surface area contributed by atoms with Crippen molar-refractivity contribution in [3.8, 4) is 0 Å². The molecule has 1 N–H and O–H groups in total. The quantitative estimate of drug-likeness (QED) is 0.941. The third-order valence-electron chi connectivity index (χ3n) is 3.71. The van der Waals surface area contributed by atoms with Gasteiger partial charge in [0, 0.05) is 5.38 Å². The lowest BCUT2D eigenvalue weighted by molar-refractivity contribution is -0.121. The number of benzene rings is 1. The number of carbonyl (C=O) groups excluding carboxylic acids is 1. The Balaban J connectivity index is 1.68. The van der Waals surface area contributed by atoms with E-state index in [0.29, 0.717) is 6.42 Å². The molecule has 0 saturated heterocycles. The predicted molar refractivity (Wildman–Crippen MR) is 80.8 cm³/mol. The summed E-state index contributed by atoms with van der Waals surface area (Å²) in [6.07, 6.45) is 3.66. The van der Waals surface area contributed by atoms with E-state index in [9.17, 15) is 4.79 Å². The minimum Gasteiger partial charge on any atom is -0.349 e. The molecule has 104 valence electrons. The molecule has 4 heteroatoms. The van der Waals surface area contributed by atoms with Gasteiger partial charge in [-0.15, -0.1) is 11.3 Å². The van der Waals surface area contributed by atoms with Gasteiger partial charge in [-0.1, -0.05) is 24.3 Å². The minimum absolute atomic E-state index is 0.0667. The molecule has 1 aliphatic carbocycles. The van der Waals surface area contributed by atoms with Crippen molar-refractivity contribution in [2.75, 3.05) is 0 Å². The van der Waals surface area contributed by atoms with Gasteiger partial charge >= 0.3 is 0 Å². The van der Waals surface area contributed by atoms with Crippen LogP contribution in [0.2, 0.25) is 0 Å². The largest absolute Gasteiger partial charge is 0.349 e. The van der Waals surface area contributed by atoms with Gasteiger partial charge in [-0.25, -0.2) is 4.98 Å². The summed E-state index contributed by atoms with van der Waals surface area (Å²) in [5.41, 5.74) is 3.52. The van der Waals surface area contributed by atoms with E-state index in [-0.39, 0.29) is 11.9 Å². The Morgan fingerprint density at radius 2 is 2.30 bits per heavy atom. The molecule has 2 aromatic rings. The van der Waals surface area contributed by atoms with Crippen LogP contribution in [0, 0.1) is 6.92 Å². The van der Waals surface area contributed by atoms with Gasteiger partial charge in [0.1, 0.15) is 0 Å². The Bertz CT molecular complexity index is 620. The highest BCUT2D eigenvalue weighted by Crippen LogP contribution is 2.29. The number of nitrogens with one attached hydrogen (secondary N) is 1. The van der Waals surface area contributed by atoms with Crippen LogP contribution in [0.25, 0.3) is 0 Å². The second-order valence-corrected chi connectivity index (χ2v) is 6.31. The van der Waals surface area contributed by atoms with Crippen LogP contribution in [0.5, 0.6) is 0 Å². The second kappa shape index (κ2) is 5.75. The van der Waals surface area contributed by atoms with E-state index in [1.165, 1.54) is 11.1 Å². The van der Waals surface area contributed by atoms with Crippen LogP contribution in [0.4, 0.5) is 0 Å². The van der Waals surface area contributed by atoms with Crippen molar-refractivity contribution in [1.82, 2.24) is 10.3 Å². The molecule has 0 spiro atoms. The van der Waals surface area contributed by atoms with Gasteiger partial charge < -0.3 is 5.32 Å². The van der Waals surface area contributed by atoms with Crippen LogP contribution < -0.4 is 5.32 Å². The molecule has 1 atom stereocenters. The molecule has 0 bridgehead atoms. The normalized spacial score (nSPS) is 17.6. The van der Waals surface area contributed by atoms with Crippen LogP contribution in [0.1, 0.15) is 40.7 Å². The SMILES string of the molecule is Cc1nc(CC(=O)NC2CCCc3ccccc32)cs1. The summed E-state index contributed by atoms with van der Waals surface area (Å²) in [5, 5.41) is 6.13. The zero-order chi connectivity index (χ0) is 13.9. The van der Waals surface area contributed by atoms with Crippen molar-refractivity contribution in [1.29, 1.82) is 0 Å². The van der Waals surface area contributed by atoms with Crippen molar-refractivity contribution < 1.29 is 4.79 Å². The van der Waals surface area contributed by atoms with Gasteiger partial charge in [0.25, 0.3) is 0 Å². The summed E-state index contributed by atoms with van der Waals surface area (Å²) in [7, 11) is 0. The van der Waals surface area contributed by atoms with Crippen LogP contribution in [0.15, 0.2) is 29.6 Å². The molecule has 0 aliphatic heterocycles. The van der Waals surface area contributed by atoms with Gasteiger partial charge in [0.05, 0.1) is 23.2 Å². The van der Waals surface area contributed by atoms with E-state index in [0.717, 1.165) is 30.0 Å². The van der Waals surface area contributed by atoms with Gasteiger partial charge in [-0.3, -0.25) is 4.79 Å². The number of hydrogen-bond donors (Lipinski definition) is 1. The summed E-state index contributed by atoms with van der Waals surface area (Å²) in [6, 6.07) is 8.57. The topological polar surface area (TPSA) is 42.0 Å². The Morgan fingerprint density at radius 1 is 1.45 bits per heavy atom. The van der Waals surface area contributed by atoms with E-state index < -0.39 is 0 Å². The predicted octanol–water partition coefficient (Wildman–Crippen LogP) is 3.19. The van der Waals surface area contributed by atoms with Gasteiger partial charge in [0.2, 0.25) is 5.91 Å². The molecule has 20 heavy (non-hydrogen) atoms. The van der Waals surface area contributed by atoms with Crippen molar-refractivity contribution >= 4 is 17.2 Å². The lowest BCUT2D eigenvalue weighted by Crippen LogP contribution is -2.32. The summed E-state index contributed by atoms with van der Waals surface area (Å²) in [6.45, 7) is 1.96. The number of amides is 1. The standard InChI is InChI=1S/C16H18N2OS/c1-11-17-13(10-20-11)9-16(19)18-15-8-4-6-12-5-2-3-7-14(12)15/h2-3,5,7,10,15H,4,6,8-9H2,1H3,(H,18,19). The maximum absolute atomic E-state index is 12.2. The fourth-order valence-electron chi connectivity index (χ4n) is 2.80. The fraction of sp³-hybridized carbons (Fsp3) is 0.375. The highest BCUT2D eigenvalue weighted by Gasteiger charge is 2.21. The number of hydrogen-bond acceptors (Lipinski definition) is 3. The summed E-state index contributed by atoms with van der Waals surface area (Å²) < 4.78 is 0. The minimum atomic E-state index is 0.0667. The first-order chi connectivity index (χ1) is 9.72. The first kappa shape index (κ1) is 13.3. The van der Waals surface area contributed by atoms with Crippen LogP contribution in [-0.2, 0) is 17.6 Å². The second-order valence-electron chi connectivity index (χ2n) is 5.25. The number of aryl methyl sites for hydroxylation is 2. The highest BCUT2D eigenvalue weighted by atomic mass is 32.1. The highest BCUT2D eigenvalue weighted by molar-refractivity contribution is 7.09. The van der Waals surface area contributed by atoms with Crippen LogP contribution in [0.3, 0.4) is 0 Å². The lowest BCUT2D eigenvalue weighted by atomic mass is 9.87. The van der Waals surface area contributed by atoms with Crippen molar-refractivity contribution in [3.05, 3.63) is 51.5 Å². The molecule has 1 aromatic carbocycles. The van der Waals surface area contributed by atoms with Crippen molar-refractivity contribution in [2.45, 2.75) is 38.6 Å². The number of carbonyl (C=O) groups is 1. The third kappa shape index (κ3) is 2.90. The monoisotopic (exact) mass is 286 g/mol. The van der Waals surface area contributed by atoms with E-state index in [1.54, 1.807) is 11.3 Å². The number of rotatable bonds is 3. The first-order valence-electron chi connectivity index (χ1n) is 7.00. The van der Waals surface area contributed by atoms with E-state index in [4.69, 9.17) is 0 Å². The molecule has 1 aliphatic rings. The molecule has 3 nitrogen and oxygen atoms in total. The van der Waals surface area contributed by atoms with E-state index in [2.05, 4.69) is 28.5 Å². The average Bonchev–Trinajstić information content (AvgIpc) is 2.84. The lowest BCUT2D eigenvalue weighted by Gasteiger charge is -2.26. The molecular formula is C16H18N2OS. The molecule has 3 rings (SSSR count). The Labute approximate surface area is 123 Å². The Kier molecular flexibility index (Phi) is 3.83. The average molecular weight is 286 g/mol. The number of fused-ring (bicyclic) bond motifs is 1. The molecule has 1 aromatic heterocycles. The van der Waals surface area contributed by atoms with E-state index in [1.807, 2.05) is 18.4 Å². The maximum Gasteiger partial charge on any atom is 0.226 e. The number of nitrogens with zero attached hydrogens (tertiary/aromatic N) is 1. The molecule has 1 unspecified atom stereocenters. The molecule has 0 fully saturated rings.